The van der Waals surface area contributed by atoms with Crippen molar-refractivity contribution in [3.05, 3.63) is 29.3 Å². The van der Waals surface area contributed by atoms with E-state index < -0.39 is 5.97 Å². The third kappa shape index (κ3) is 3.22. The molecule has 0 spiro atoms. The van der Waals surface area contributed by atoms with Gasteiger partial charge in [0.1, 0.15) is 5.01 Å². The average molecular weight is 319 g/mol. The number of carbonyl (C=O) groups excluding carboxylic acids is 1. The van der Waals surface area contributed by atoms with Crippen molar-refractivity contribution >= 4 is 17.3 Å². The molecule has 0 saturated heterocycles. The van der Waals surface area contributed by atoms with E-state index in [2.05, 4.69) is 4.98 Å². The maximum Gasteiger partial charge on any atom is 0.357 e. The fourth-order valence-electron chi connectivity index (χ4n) is 1.89. The number of thiazole rings is 1. The minimum absolute atomic E-state index is 0.0637. The number of benzene rings is 1. The maximum atomic E-state index is 12.0. The molecule has 116 valence electrons. The van der Waals surface area contributed by atoms with E-state index in [1.54, 1.807) is 5.38 Å². The lowest BCUT2D eigenvalue weighted by Gasteiger charge is -2.17. The third-order valence-electron chi connectivity index (χ3n) is 2.97. The molecule has 0 radical (unpaired) electrons. The minimum Gasteiger partial charge on any atom is -0.460 e. The Balaban J connectivity index is 1.75. The van der Waals surface area contributed by atoms with Crippen LogP contribution in [0, 0.1) is 5.41 Å². The predicted molar refractivity (Wildman–Crippen MR) is 83.4 cm³/mol. The maximum absolute atomic E-state index is 12.0. The first-order valence-corrected chi connectivity index (χ1v) is 7.83. The number of aromatic nitrogens is 1. The van der Waals surface area contributed by atoms with Crippen molar-refractivity contribution < 1.29 is 19.0 Å². The van der Waals surface area contributed by atoms with Crippen molar-refractivity contribution in [2.45, 2.75) is 20.8 Å². The monoisotopic (exact) mass is 319 g/mol. The van der Waals surface area contributed by atoms with E-state index >= 15 is 0 Å². The number of fused-ring (bicyclic) bond motifs is 1. The fraction of sp³-hybridized carbons (Fsp3) is 0.375. The van der Waals surface area contributed by atoms with Gasteiger partial charge in [0.2, 0.25) is 6.79 Å². The molecule has 0 unspecified atom stereocenters. The van der Waals surface area contributed by atoms with Crippen molar-refractivity contribution in [1.82, 2.24) is 4.98 Å². The molecule has 5 nitrogen and oxygen atoms in total. The van der Waals surface area contributed by atoms with Crippen LogP contribution in [0.15, 0.2) is 23.6 Å². The van der Waals surface area contributed by atoms with E-state index in [0.29, 0.717) is 18.1 Å². The number of rotatable bonds is 3. The SMILES string of the molecule is CC(C)(C)COC(=O)c1csc(-c2ccc3c(c2)OCO3)n1. The van der Waals surface area contributed by atoms with Crippen molar-refractivity contribution in [1.29, 1.82) is 0 Å². The number of carbonyl (C=O) groups is 1. The number of esters is 1. The van der Waals surface area contributed by atoms with Gasteiger partial charge in [0.05, 0.1) is 6.61 Å². The van der Waals surface area contributed by atoms with Gasteiger partial charge in [0, 0.05) is 10.9 Å². The zero-order valence-electron chi connectivity index (χ0n) is 12.7. The van der Waals surface area contributed by atoms with Gasteiger partial charge in [-0.3, -0.25) is 0 Å². The van der Waals surface area contributed by atoms with Crippen LogP contribution < -0.4 is 9.47 Å². The second-order valence-corrected chi connectivity index (χ2v) is 7.10. The summed E-state index contributed by atoms with van der Waals surface area (Å²) in [4.78, 5) is 16.4. The number of hydrogen-bond donors (Lipinski definition) is 0. The smallest absolute Gasteiger partial charge is 0.357 e. The van der Waals surface area contributed by atoms with E-state index in [4.69, 9.17) is 14.2 Å². The van der Waals surface area contributed by atoms with Crippen LogP contribution in [0.1, 0.15) is 31.3 Å². The molecule has 1 aliphatic rings. The molecule has 22 heavy (non-hydrogen) atoms. The largest absolute Gasteiger partial charge is 0.460 e. The lowest BCUT2D eigenvalue weighted by atomic mass is 9.99. The quantitative estimate of drug-likeness (QED) is 0.807. The van der Waals surface area contributed by atoms with Crippen LogP contribution in [-0.2, 0) is 4.74 Å². The minimum atomic E-state index is -0.391. The standard InChI is InChI=1S/C16H17NO4S/c1-16(2,3)8-19-15(18)11-7-22-14(17-11)10-4-5-12-13(6-10)21-9-20-12/h4-7H,8-9H2,1-3H3. The van der Waals surface area contributed by atoms with E-state index in [0.717, 1.165) is 16.3 Å². The molecular formula is C16H17NO4S. The molecule has 0 fully saturated rings. The van der Waals surface area contributed by atoms with Crippen molar-refractivity contribution in [2.75, 3.05) is 13.4 Å². The highest BCUT2D eigenvalue weighted by Crippen LogP contribution is 2.36. The zero-order valence-corrected chi connectivity index (χ0v) is 13.5. The number of hydrogen-bond acceptors (Lipinski definition) is 6. The number of ether oxygens (including phenoxy) is 3. The van der Waals surface area contributed by atoms with Crippen molar-refractivity contribution in [2.24, 2.45) is 5.41 Å². The summed E-state index contributed by atoms with van der Waals surface area (Å²) in [6, 6.07) is 5.61. The third-order valence-corrected chi connectivity index (χ3v) is 3.86. The van der Waals surface area contributed by atoms with Gasteiger partial charge < -0.3 is 14.2 Å². The summed E-state index contributed by atoms with van der Waals surface area (Å²) in [5.74, 6) is 1.04. The second-order valence-electron chi connectivity index (χ2n) is 6.24. The number of nitrogens with zero attached hydrogens (tertiary/aromatic N) is 1. The van der Waals surface area contributed by atoms with Gasteiger partial charge in [-0.05, 0) is 23.6 Å². The first kappa shape index (κ1) is 14.8. The summed E-state index contributed by atoms with van der Waals surface area (Å²) >= 11 is 1.40. The van der Waals surface area contributed by atoms with Gasteiger partial charge in [0.25, 0.3) is 0 Å². The van der Waals surface area contributed by atoms with Crippen LogP contribution in [-0.4, -0.2) is 24.4 Å². The Hall–Kier alpha value is -2.08. The second kappa shape index (κ2) is 5.61. The van der Waals surface area contributed by atoms with Crippen molar-refractivity contribution in [3.63, 3.8) is 0 Å². The van der Waals surface area contributed by atoms with E-state index in [1.807, 2.05) is 39.0 Å². The predicted octanol–water partition coefficient (Wildman–Crippen LogP) is 3.74. The van der Waals surface area contributed by atoms with Gasteiger partial charge >= 0.3 is 5.97 Å². The Kier molecular flexibility index (Phi) is 3.78. The highest BCUT2D eigenvalue weighted by molar-refractivity contribution is 7.13. The van der Waals surface area contributed by atoms with Crippen molar-refractivity contribution in [3.8, 4) is 22.1 Å². The molecule has 0 aliphatic carbocycles. The summed E-state index contributed by atoms with van der Waals surface area (Å²) in [5.41, 5.74) is 1.16. The Bertz CT molecular complexity index is 702. The lowest BCUT2D eigenvalue weighted by Crippen LogP contribution is -2.18. The van der Waals surface area contributed by atoms with Gasteiger partial charge in [0.15, 0.2) is 17.2 Å². The highest BCUT2D eigenvalue weighted by atomic mass is 32.1. The van der Waals surface area contributed by atoms with Gasteiger partial charge in [-0.15, -0.1) is 11.3 Å². The first-order chi connectivity index (χ1) is 10.4. The molecule has 2 aromatic rings. The summed E-state index contributed by atoms with van der Waals surface area (Å²) in [5, 5.41) is 2.46. The average Bonchev–Trinajstić information content (AvgIpc) is 3.11. The summed E-state index contributed by atoms with van der Waals surface area (Å²) in [6.07, 6.45) is 0. The Morgan fingerprint density at radius 3 is 2.86 bits per heavy atom. The molecule has 0 amide bonds. The van der Waals surface area contributed by atoms with Gasteiger partial charge in [-0.25, -0.2) is 9.78 Å². The first-order valence-electron chi connectivity index (χ1n) is 6.95. The molecule has 1 aliphatic heterocycles. The van der Waals surface area contributed by atoms with Crippen LogP contribution in [0.4, 0.5) is 0 Å². The highest BCUT2D eigenvalue weighted by Gasteiger charge is 2.19. The Morgan fingerprint density at radius 2 is 2.09 bits per heavy atom. The van der Waals surface area contributed by atoms with Gasteiger partial charge in [-0.2, -0.15) is 0 Å². The normalized spacial score (nSPS) is 13.2. The molecule has 0 atom stereocenters. The van der Waals surface area contributed by atoms with Gasteiger partial charge in [-0.1, -0.05) is 20.8 Å². The fourth-order valence-corrected chi connectivity index (χ4v) is 2.67. The molecule has 1 aromatic carbocycles. The van der Waals surface area contributed by atoms with E-state index in [9.17, 15) is 4.79 Å². The Labute approximate surface area is 132 Å². The Morgan fingerprint density at radius 1 is 1.32 bits per heavy atom. The molecule has 1 aromatic heterocycles. The van der Waals surface area contributed by atoms with E-state index in [1.165, 1.54) is 11.3 Å². The summed E-state index contributed by atoms with van der Waals surface area (Å²) in [6.45, 7) is 6.64. The zero-order chi connectivity index (χ0) is 15.7. The van der Waals surface area contributed by atoms with Crippen LogP contribution in [0.5, 0.6) is 11.5 Å². The van der Waals surface area contributed by atoms with E-state index in [-0.39, 0.29) is 12.2 Å². The van der Waals surface area contributed by atoms with Crippen LogP contribution in [0.25, 0.3) is 10.6 Å². The molecule has 0 saturated carbocycles. The molecule has 0 N–H and O–H groups in total. The topological polar surface area (TPSA) is 57.7 Å². The molecular weight excluding hydrogens is 302 g/mol. The summed E-state index contributed by atoms with van der Waals surface area (Å²) in [7, 11) is 0. The molecule has 0 bridgehead atoms. The summed E-state index contributed by atoms with van der Waals surface area (Å²) < 4.78 is 15.9. The molecule has 2 heterocycles. The van der Waals surface area contributed by atoms with Crippen LogP contribution in [0.3, 0.4) is 0 Å². The van der Waals surface area contributed by atoms with Crippen LogP contribution >= 0.6 is 11.3 Å². The molecule has 6 heteroatoms. The van der Waals surface area contributed by atoms with Crippen LogP contribution in [0.2, 0.25) is 0 Å². The molecule has 3 rings (SSSR count). The lowest BCUT2D eigenvalue weighted by molar-refractivity contribution is 0.0361.